The predicted octanol–water partition coefficient (Wildman–Crippen LogP) is 2.70. The summed E-state index contributed by atoms with van der Waals surface area (Å²) >= 11 is 3.39. The maximum Gasteiger partial charge on any atom is 0.225 e. The van der Waals surface area contributed by atoms with Gasteiger partial charge in [0, 0.05) is 55.2 Å². The summed E-state index contributed by atoms with van der Waals surface area (Å²) in [7, 11) is 0. The lowest BCUT2D eigenvalue weighted by atomic mass is 10.2. The third-order valence-electron chi connectivity index (χ3n) is 3.61. The fourth-order valence-electron chi connectivity index (χ4n) is 2.47. The predicted molar refractivity (Wildman–Crippen MR) is 83.6 cm³/mol. The third-order valence-corrected chi connectivity index (χ3v) is 4.10. The second-order valence-corrected chi connectivity index (χ2v) is 5.96. The molecular weight excluding hydrogens is 335 g/mol. The van der Waals surface area contributed by atoms with Gasteiger partial charge in [-0.3, -0.25) is 4.90 Å². The minimum atomic E-state index is -0.146. The molecule has 2 aromatic rings. The van der Waals surface area contributed by atoms with Crippen molar-refractivity contribution in [1.82, 2.24) is 14.9 Å². The Balaban J connectivity index is 1.60. The van der Waals surface area contributed by atoms with Crippen LogP contribution in [0.25, 0.3) is 0 Å². The van der Waals surface area contributed by atoms with Crippen LogP contribution >= 0.6 is 15.9 Å². The molecule has 21 heavy (non-hydrogen) atoms. The second kappa shape index (κ2) is 6.49. The Morgan fingerprint density at radius 1 is 1.10 bits per heavy atom. The average molecular weight is 351 g/mol. The van der Waals surface area contributed by atoms with Gasteiger partial charge < -0.3 is 4.90 Å². The molecule has 2 heterocycles. The molecule has 0 radical (unpaired) electrons. The van der Waals surface area contributed by atoms with Gasteiger partial charge in [0.1, 0.15) is 5.82 Å². The normalized spacial score (nSPS) is 16.2. The highest BCUT2D eigenvalue weighted by molar-refractivity contribution is 9.10. The molecule has 4 nitrogen and oxygen atoms in total. The molecule has 0 bridgehead atoms. The molecule has 1 aromatic heterocycles. The van der Waals surface area contributed by atoms with Crippen molar-refractivity contribution in [1.29, 1.82) is 0 Å². The van der Waals surface area contributed by atoms with Crippen LogP contribution in [0.5, 0.6) is 0 Å². The van der Waals surface area contributed by atoms with Crippen LogP contribution in [-0.2, 0) is 6.54 Å². The molecule has 1 aliphatic heterocycles. The van der Waals surface area contributed by atoms with Gasteiger partial charge >= 0.3 is 0 Å². The molecule has 1 aromatic carbocycles. The van der Waals surface area contributed by atoms with Gasteiger partial charge in [-0.2, -0.15) is 0 Å². The highest BCUT2D eigenvalue weighted by Gasteiger charge is 2.19. The van der Waals surface area contributed by atoms with Gasteiger partial charge in [0.15, 0.2) is 0 Å². The number of anilines is 1. The van der Waals surface area contributed by atoms with E-state index in [1.54, 1.807) is 18.5 Å². The van der Waals surface area contributed by atoms with Crippen molar-refractivity contribution in [3.63, 3.8) is 0 Å². The summed E-state index contributed by atoms with van der Waals surface area (Å²) in [4.78, 5) is 12.9. The molecule has 0 aliphatic carbocycles. The molecule has 0 unspecified atom stereocenters. The smallest absolute Gasteiger partial charge is 0.225 e. The maximum absolute atomic E-state index is 13.8. The molecule has 0 N–H and O–H groups in total. The standard InChI is InChI=1S/C15H16BrFN4/c16-13-2-3-14(17)12(10-13)11-20-6-8-21(9-7-20)15-18-4-1-5-19-15/h1-5,10H,6-9,11H2. The lowest BCUT2D eigenvalue weighted by Gasteiger charge is -2.34. The van der Waals surface area contributed by atoms with E-state index >= 15 is 0 Å². The zero-order valence-electron chi connectivity index (χ0n) is 11.5. The first-order valence-corrected chi connectivity index (χ1v) is 7.70. The van der Waals surface area contributed by atoms with Crippen LogP contribution in [0.3, 0.4) is 0 Å². The van der Waals surface area contributed by atoms with Gasteiger partial charge in [0.05, 0.1) is 0 Å². The molecule has 1 aliphatic rings. The molecular formula is C15H16BrFN4. The summed E-state index contributed by atoms with van der Waals surface area (Å²) in [5.74, 6) is 0.623. The number of benzene rings is 1. The van der Waals surface area contributed by atoms with Crippen molar-refractivity contribution in [3.8, 4) is 0 Å². The van der Waals surface area contributed by atoms with E-state index in [9.17, 15) is 4.39 Å². The van der Waals surface area contributed by atoms with Crippen molar-refractivity contribution in [2.45, 2.75) is 6.54 Å². The average Bonchev–Trinajstić information content (AvgIpc) is 2.53. The molecule has 0 spiro atoms. The van der Waals surface area contributed by atoms with Crippen LogP contribution in [0.1, 0.15) is 5.56 Å². The highest BCUT2D eigenvalue weighted by Crippen LogP contribution is 2.18. The van der Waals surface area contributed by atoms with Crippen LogP contribution in [0, 0.1) is 5.82 Å². The van der Waals surface area contributed by atoms with Gasteiger partial charge in [0.25, 0.3) is 0 Å². The first kappa shape index (κ1) is 14.4. The lowest BCUT2D eigenvalue weighted by Crippen LogP contribution is -2.46. The van der Waals surface area contributed by atoms with E-state index in [1.807, 2.05) is 12.1 Å². The Kier molecular flexibility index (Phi) is 4.45. The molecule has 3 rings (SSSR count). The molecule has 0 amide bonds. The molecule has 0 saturated carbocycles. The minimum Gasteiger partial charge on any atom is -0.338 e. The fourth-order valence-corrected chi connectivity index (χ4v) is 2.87. The van der Waals surface area contributed by atoms with Gasteiger partial charge in [-0.15, -0.1) is 0 Å². The van der Waals surface area contributed by atoms with E-state index in [1.165, 1.54) is 6.07 Å². The van der Waals surface area contributed by atoms with Crippen LogP contribution in [-0.4, -0.2) is 41.0 Å². The fraction of sp³-hybridized carbons (Fsp3) is 0.333. The molecule has 0 atom stereocenters. The lowest BCUT2D eigenvalue weighted by molar-refractivity contribution is 0.245. The van der Waals surface area contributed by atoms with E-state index < -0.39 is 0 Å². The molecule has 110 valence electrons. The SMILES string of the molecule is Fc1ccc(Br)cc1CN1CCN(c2ncccn2)CC1. The number of hydrogen-bond donors (Lipinski definition) is 0. The van der Waals surface area contributed by atoms with Crippen molar-refractivity contribution >= 4 is 21.9 Å². The molecule has 1 saturated heterocycles. The molecule has 6 heteroatoms. The Hall–Kier alpha value is -1.53. The Labute approximate surface area is 131 Å². The number of halogens is 2. The summed E-state index contributed by atoms with van der Waals surface area (Å²) in [5, 5.41) is 0. The maximum atomic E-state index is 13.8. The summed E-state index contributed by atoms with van der Waals surface area (Å²) in [6.45, 7) is 4.11. The van der Waals surface area contributed by atoms with E-state index in [-0.39, 0.29) is 5.82 Å². The summed E-state index contributed by atoms with van der Waals surface area (Å²) in [6.07, 6.45) is 3.51. The zero-order valence-corrected chi connectivity index (χ0v) is 13.1. The van der Waals surface area contributed by atoms with Gasteiger partial charge in [-0.05, 0) is 24.3 Å². The van der Waals surface area contributed by atoms with Crippen molar-refractivity contribution in [2.24, 2.45) is 0 Å². The minimum absolute atomic E-state index is 0.146. The van der Waals surface area contributed by atoms with Crippen LogP contribution < -0.4 is 4.90 Å². The van der Waals surface area contributed by atoms with E-state index in [0.29, 0.717) is 6.54 Å². The monoisotopic (exact) mass is 350 g/mol. The van der Waals surface area contributed by atoms with E-state index in [4.69, 9.17) is 0 Å². The second-order valence-electron chi connectivity index (χ2n) is 5.05. The summed E-state index contributed by atoms with van der Waals surface area (Å²) in [6, 6.07) is 6.90. The first-order chi connectivity index (χ1) is 10.2. The van der Waals surface area contributed by atoms with Gasteiger partial charge in [-0.1, -0.05) is 15.9 Å². The topological polar surface area (TPSA) is 32.3 Å². The quantitative estimate of drug-likeness (QED) is 0.851. The first-order valence-electron chi connectivity index (χ1n) is 6.90. The Morgan fingerprint density at radius 3 is 2.52 bits per heavy atom. The van der Waals surface area contributed by atoms with Crippen molar-refractivity contribution < 1.29 is 4.39 Å². The highest BCUT2D eigenvalue weighted by atomic mass is 79.9. The number of piperazine rings is 1. The van der Waals surface area contributed by atoms with Crippen LogP contribution in [0.15, 0.2) is 41.1 Å². The Morgan fingerprint density at radius 2 is 1.81 bits per heavy atom. The van der Waals surface area contributed by atoms with Gasteiger partial charge in [0.2, 0.25) is 5.95 Å². The van der Waals surface area contributed by atoms with Crippen molar-refractivity contribution in [3.05, 3.63) is 52.5 Å². The van der Waals surface area contributed by atoms with E-state index in [0.717, 1.165) is 42.2 Å². The Bertz CT molecular complexity index is 600. The number of nitrogens with zero attached hydrogens (tertiary/aromatic N) is 4. The number of rotatable bonds is 3. The molecule has 1 fully saturated rings. The van der Waals surface area contributed by atoms with Crippen LogP contribution in [0.2, 0.25) is 0 Å². The summed E-state index contributed by atoms with van der Waals surface area (Å²) < 4.78 is 14.7. The number of aromatic nitrogens is 2. The van der Waals surface area contributed by atoms with Crippen molar-refractivity contribution in [2.75, 3.05) is 31.1 Å². The third kappa shape index (κ3) is 3.57. The number of hydrogen-bond acceptors (Lipinski definition) is 4. The van der Waals surface area contributed by atoms with E-state index in [2.05, 4.69) is 35.7 Å². The largest absolute Gasteiger partial charge is 0.338 e. The van der Waals surface area contributed by atoms with Crippen LogP contribution in [0.4, 0.5) is 10.3 Å². The van der Waals surface area contributed by atoms with Gasteiger partial charge in [-0.25, -0.2) is 14.4 Å². The summed E-state index contributed by atoms with van der Waals surface area (Å²) in [5.41, 5.74) is 0.730. The zero-order chi connectivity index (χ0) is 14.7.